The molecule has 0 spiro atoms. The van der Waals surface area contributed by atoms with Gasteiger partial charge in [0.1, 0.15) is 0 Å². The van der Waals surface area contributed by atoms with E-state index in [4.69, 9.17) is 5.84 Å². The van der Waals surface area contributed by atoms with Gasteiger partial charge >= 0.3 is 0 Å². The molecule has 1 fully saturated rings. The van der Waals surface area contributed by atoms with Crippen molar-refractivity contribution in [1.82, 2.24) is 20.1 Å². The normalized spacial score (nSPS) is 19.7. The number of nitrogens with one attached hydrogen (secondary N) is 1. The lowest BCUT2D eigenvalue weighted by atomic mass is 9.84. The van der Waals surface area contributed by atoms with Gasteiger partial charge < -0.3 is 4.90 Å². The predicted octanol–water partition coefficient (Wildman–Crippen LogP) is 1.23. The fourth-order valence-electron chi connectivity index (χ4n) is 3.64. The lowest BCUT2D eigenvalue weighted by Crippen LogP contribution is -2.60. The van der Waals surface area contributed by atoms with Gasteiger partial charge in [-0.3, -0.25) is 16.0 Å². The van der Waals surface area contributed by atoms with Crippen LogP contribution in [0.5, 0.6) is 0 Å². The molecule has 1 aromatic heterocycles. The Morgan fingerprint density at radius 1 is 1.45 bits per heavy atom. The zero-order chi connectivity index (χ0) is 14.8. The highest BCUT2D eigenvalue weighted by Gasteiger charge is 2.43. The first-order valence-corrected chi connectivity index (χ1v) is 7.69. The molecular formula is C15H29N5. The Labute approximate surface area is 122 Å². The SMILES string of the molecule is CCc1cc(CC(NN)C2(N(C)C)CCCC2)n(C)n1. The van der Waals surface area contributed by atoms with Crippen molar-refractivity contribution in [3.63, 3.8) is 0 Å². The summed E-state index contributed by atoms with van der Waals surface area (Å²) in [7, 11) is 6.38. The molecule has 0 aliphatic heterocycles. The van der Waals surface area contributed by atoms with Crippen LogP contribution >= 0.6 is 0 Å². The van der Waals surface area contributed by atoms with E-state index in [-0.39, 0.29) is 11.6 Å². The van der Waals surface area contributed by atoms with E-state index < -0.39 is 0 Å². The van der Waals surface area contributed by atoms with Gasteiger partial charge in [-0.05, 0) is 39.4 Å². The Morgan fingerprint density at radius 3 is 2.55 bits per heavy atom. The monoisotopic (exact) mass is 279 g/mol. The minimum atomic E-state index is 0.172. The van der Waals surface area contributed by atoms with Crippen LogP contribution in [-0.4, -0.2) is 40.4 Å². The summed E-state index contributed by atoms with van der Waals surface area (Å²) in [6, 6.07) is 2.47. The number of likely N-dealkylation sites (N-methyl/N-ethyl adjacent to an activating group) is 1. The summed E-state index contributed by atoms with van der Waals surface area (Å²) in [5, 5.41) is 4.55. The first-order chi connectivity index (χ1) is 9.53. The number of hydrazine groups is 1. The molecule has 1 atom stereocenters. The average molecular weight is 279 g/mol. The van der Waals surface area contributed by atoms with Crippen LogP contribution in [0.3, 0.4) is 0 Å². The van der Waals surface area contributed by atoms with Crippen molar-refractivity contribution >= 4 is 0 Å². The molecule has 1 aromatic rings. The standard InChI is InChI=1S/C15H29N5/c1-5-12-10-13(20(4)18-12)11-14(17-16)15(19(2)3)8-6-7-9-15/h10,14,17H,5-9,11,16H2,1-4H3. The zero-order valence-electron chi connectivity index (χ0n) is 13.3. The van der Waals surface area contributed by atoms with Gasteiger partial charge in [0.15, 0.2) is 0 Å². The van der Waals surface area contributed by atoms with Crippen LogP contribution in [0.4, 0.5) is 0 Å². The van der Waals surface area contributed by atoms with Crippen molar-refractivity contribution in [1.29, 1.82) is 0 Å². The van der Waals surface area contributed by atoms with Gasteiger partial charge in [-0.2, -0.15) is 5.10 Å². The van der Waals surface area contributed by atoms with Crippen LogP contribution in [0.1, 0.15) is 44.0 Å². The molecule has 0 saturated heterocycles. The highest BCUT2D eigenvalue weighted by Crippen LogP contribution is 2.37. The van der Waals surface area contributed by atoms with Crippen molar-refractivity contribution in [3.8, 4) is 0 Å². The molecule has 1 heterocycles. The molecule has 1 unspecified atom stereocenters. The molecule has 0 amide bonds. The highest BCUT2D eigenvalue weighted by molar-refractivity contribution is 5.14. The van der Waals surface area contributed by atoms with Crippen molar-refractivity contribution in [2.75, 3.05) is 14.1 Å². The second kappa shape index (κ2) is 6.24. The second-order valence-corrected chi connectivity index (χ2v) is 6.23. The lowest BCUT2D eigenvalue weighted by molar-refractivity contribution is 0.103. The summed E-state index contributed by atoms with van der Waals surface area (Å²) in [6.07, 6.45) is 6.93. The van der Waals surface area contributed by atoms with Crippen LogP contribution in [0.25, 0.3) is 0 Å². The van der Waals surface area contributed by atoms with Crippen LogP contribution in [0, 0.1) is 0 Å². The van der Waals surface area contributed by atoms with E-state index in [9.17, 15) is 0 Å². The topological polar surface area (TPSA) is 59.1 Å². The highest BCUT2D eigenvalue weighted by atomic mass is 15.3. The third-order valence-electron chi connectivity index (χ3n) is 5.01. The van der Waals surface area contributed by atoms with Gasteiger partial charge in [0, 0.05) is 30.7 Å². The van der Waals surface area contributed by atoms with Crippen LogP contribution < -0.4 is 11.3 Å². The summed E-state index contributed by atoms with van der Waals surface area (Å²) < 4.78 is 2.00. The van der Waals surface area contributed by atoms with Crippen molar-refractivity contribution in [2.45, 2.75) is 57.0 Å². The van der Waals surface area contributed by atoms with Gasteiger partial charge in [0.05, 0.1) is 5.69 Å². The maximum absolute atomic E-state index is 5.91. The summed E-state index contributed by atoms with van der Waals surface area (Å²) in [4.78, 5) is 2.36. The Hall–Kier alpha value is -0.910. The molecule has 5 nitrogen and oxygen atoms in total. The molecule has 0 radical (unpaired) electrons. The number of hydrogen-bond acceptors (Lipinski definition) is 4. The van der Waals surface area contributed by atoms with E-state index in [0.717, 1.165) is 18.5 Å². The molecule has 0 bridgehead atoms. The molecule has 1 aliphatic rings. The number of aryl methyl sites for hydroxylation is 2. The minimum absolute atomic E-state index is 0.172. The Kier molecular flexibility index (Phi) is 4.83. The Morgan fingerprint density at radius 2 is 2.10 bits per heavy atom. The lowest BCUT2D eigenvalue weighted by Gasteiger charge is -2.43. The number of rotatable bonds is 6. The third-order valence-corrected chi connectivity index (χ3v) is 5.01. The Bertz CT molecular complexity index is 431. The van der Waals surface area contributed by atoms with Crippen molar-refractivity contribution in [3.05, 3.63) is 17.5 Å². The van der Waals surface area contributed by atoms with Crippen molar-refractivity contribution in [2.24, 2.45) is 12.9 Å². The predicted molar refractivity (Wildman–Crippen MR) is 82.3 cm³/mol. The van der Waals surface area contributed by atoms with Gasteiger partial charge in [0.25, 0.3) is 0 Å². The molecule has 114 valence electrons. The van der Waals surface area contributed by atoms with E-state index >= 15 is 0 Å². The molecular weight excluding hydrogens is 250 g/mol. The number of nitrogens with two attached hydrogens (primary N) is 1. The summed E-state index contributed by atoms with van der Waals surface area (Å²) in [5.74, 6) is 5.91. The van der Waals surface area contributed by atoms with E-state index in [1.807, 2.05) is 11.7 Å². The second-order valence-electron chi connectivity index (χ2n) is 6.23. The molecule has 2 rings (SSSR count). The van der Waals surface area contributed by atoms with Crippen LogP contribution in [0.2, 0.25) is 0 Å². The fraction of sp³-hybridized carbons (Fsp3) is 0.800. The van der Waals surface area contributed by atoms with E-state index in [1.165, 1.54) is 31.4 Å². The summed E-state index contributed by atoms with van der Waals surface area (Å²) >= 11 is 0. The molecule has 20 heavy (non-hydrogen) atoms. The van der Waals surface area contributed by atoms with Crippen LogP contribution in [0.15, 0.2) is 6.07 Å². The van der Waals surface area contributed by atoms with Gasteiger partial charge in [-0.1, -0.05) is 19.8 Å². The quantitative estimate of drug-likeness (QED) is 0.607. The first-order valence-electron chi connectivity index (χ1n) is 7.69. The third kappa shape index (κ3) is 2.75. The molecule has 5 heteroatoms. The molecule has 0 aromatic carbocycles. The van der Waals surface area contributed by atoms with E-state index in [2.05, 4.69) is 42.5 Å². The maximum atomic E-state index is 5.91. The Balaban J connectivity index is 2.21. The van der Waals surface area contributed by atoms with Gasteiger partial charge in [0.2, 0.25) is 0 Å². The molecule has 1 aliphatic carbocycles. The number of nitrogens with zero attached hydrogens (tertiary/aromatic N) is 3. The fourth-order valence-corrected chi connectivity index (χ4v) is 3.64. The molecule has 1 saturated carbocycles. The summed E-state index contributed by atoms with van der Waals surface area (Å²) in [6.45, 7) is 2.14. The van der Waals surface area contributed by atoms with E-state index in [1.54, 1.807) is 0 Å². The smallest absolute Gasteiger partial charge is 0.0624 e. The zero-order valence-corrected chi connectivity index (χ0v) is 13.3. The first kappa shape index (κ1) is 15.5. The average Bonchev–Trinajstić information content (AvgIpc) is 3.03. The summed E-state index contributed by atoms with van der Waals surface area (Å²) in [5.41, 5.74) is 5.68. The van der Waals surface area contributed by atoms with Gasteiger partial charge in [-0.25, -0.2) is 0 Å². The maximum Gasteiger partial charge on any atom is 0.0624 e. The van der Waals surface area contributed by atoms with Gasteiger partial charge in [-0.15, -0.1) is 0 Å². The minimum Gasteiger partial charge on any atom is -0.302 e. The van der Waals surface area contributed by atoms with E-state index in [0.29, 0.717) is 0 Å². The largest absolute Gasteiger partial charge is 0.302 e. The van der Waals surface area contributed by atoms with Crippen LogP contribution in [-0.2, 0) is 19.9 Å². The molecule has 3 N–H and O–H groups in total. The number of aromatic nitrogens is 2. The van der Waals surface area contributed by atoms with Crippen molar-refractivity contribution < 1.29 is 0 Å². The number of hydrogen-bond donors (Lipinski definition) is 2.